The lowest BCUT2D eigenvalue weighted by Gasteiger charge is -2.30. The maximum Gasteiger partial charge on any atom is 0.271 e. The molecule has 4 nitrogen and oxygen atoms in total. The van der Waals surface area contributed by atoms with Crippen molar-refractivity contribution in [3.8, 4) is 5.75 Å². The lowest BCUT2D eigenvalue weighted by molar-refractivity contribution is 0.413. The fourth-order valence-electron chi connectivity index (χ4n) is 4.93. The molecule has 4 aromatic rings. The van der Waals surface area contributed by atoms with Gasteiger partial charge in [0, 0.05) is 15.6 Å². The van der Waals surface area contributed by atoms with Gasteiger partial charge in [0.1, 0.15) is 11.6 Å². The Morgan fingerprint density at radius 3 is 2.71 bits per heavy atom. The molecule has 0 N–H and O–H groups in total. The number of aryl methyl sites for hydroxylation is 1. The molecule has 0 amide bonds. The fraction of sp³-hybridized carbons (Fsp3) is 0.143. The van der Waals surface area contributed by atoms with Crippen LogP contribution in [0.3, 0.4) is 0 Å². The second kappa shape index (κ2) is 8.73. The molecular formula is C28H20BrFN2O2S. The van der Waals surface area contributed by atoms with Crippen molar-refractivity contribution in [2.45, 2.75) is 18.9 Å². The average molecular weight is 547 g/mol. The van der Waals surface area contributed by atoms with Crippen LogP contribution in [0, 0.1) is 5.82 Å². The minimum absolute atomic E-state index is 0.115. The van der Waals surface area contributed by atoms with E-state index in [0.717, 1.165) is 45.3 Å². The highest BCUT2D eigenvalue weighted by atomic mass is 79.9. The van der Waals surface area contributed by atoms with Crippen molar-refractivity contribution >= 4 is 39.0 Å². The lowest BCUT2D eigenvalue weighted by Crippen LogP contribution is -2.38. The third-order valence-corrected chi connectivity index (χ3v) is 8.01. The van der Waals surface area contributed by atoms with Gasteiger partial charge in [0.25, 0.3) is 5.56 Å². The largest absolute Gasteiger partial charge is 0.496 e. The first-order valence-electron chi connectivity index (χ1n) is 11.3. The maximum absolute atomic E-state index is 13.8. The summed E-state index contributed by atoms with van der Waals surface area (Å²) in [6.07, 6.45) is 3.52. The number of ether oxygens (including phenoxy) is 1. The number of nitrogens with zero attached hydrogens (tertiary/aromatic N) is 2. The van der Waals surface area contributed by atoms with Crippen molar-refractivity contribution in [2.75, 3.05) is 7.11 Å². The standard InChI is InChI=1S/C28H20BrFN2O2S/c1-34-23-13-9-19(29)14-18(23)15-24-27(33)32-26(17-6-10-20(30)11-7-17)22-12-8-16-4-2-3-5-21(16)25(22)31-28(32)35-24/h2-7,9-11,13-15,26H,8,12H2,1H3/b24-15+/t26-/m1/s1. The van der Waals surface area contributed by atoms with Crippen LogP contribution in [0.25, 0.3) is 11.8 Å². The van der Waals surface area contributed by atoms with E-state index in [4.69, 9.17) is 9.73 Å². The Hall–Kier alpha value is -3.29. The topological polar surface area (TPSA) is 43.6 Å². The Balaban J connectivity index is 1.63. The minimum atomic E-state index is -0.332. The zero-order chi connectivity index (χ0) is 24.1. The summed E-state index contributed by atoms with van der Waals surface area (Å²) in [7, 11) is 1.61. The van der Waals surface area contributed by atoms with Gasteiger partial charge in [-0.25, -0.2) is 9.38 Å². The molecule has 0 unspecified atom stereocenters. The number of allylic oxidation sites excluding steroid dienone is 1. The number of aromatic nitrogens is 1. The molecule has 0 fully saturated rings. The van der Waals surface area contributed by atoms with Gasteiger partial charge in [-0.05, 0) is 65.9 Å². The molecule has 3 aromatic carbocycles. The molecule has 0 saturated carbocycles. The lowest BCUT2D eigenvalue weighted by atomic mass is 9.83. The number of rotatable bonds is 3. The molecule has 0 saturated heterocycles. The monoisotopic (exact) mass is 546 g/mol. The van der Waals surface area contributed by atoms with E-state index < -0.39 is 0 Å². The van der Waals surface area contributed by atoms with Crippen LogP contribution in [0.1, 0.15) is 34.7 Å². The van der Waals surface area contributed by atoms with E-state index in [2.05, 4.69) is 28.1 Å². The van der Waals surface area contributed by atoms with Crippen LogP contribution in [-0.2, 0) is 6.42 Å². The van der Waals surface area contributed by atoms with E-state index in [0.29, 0.717) is 15.1 Å². The SMILES string of the molecule is COc1ccc(Br)cc1/C=c1/sc2n(c1=O)[C@H](c1ccc(F)cc1)C1=C(N=2)c2ccccc2CC1. The van der Waals surface area contributed by atoms with E-state index in [9.17, 15) is 9.18 Å². The number of fused-ring (bicyclic) bond motifs is 3. The van der Waals surface area contributed by atoms with E-state index in [-0.39, 0.29) is 17.4 Å². The Bertz CT molecular complexity index is 1690. The predicted octanol–water partition coefficient (Wildman–Crippen LogP) is 5.23. The van der Waals surface area contributed by atoms with Gasteiger partial charge in [-0.2, -0.15) is 0 Å². The molecule has 0 spiro atoms. The molecule has 174 valence electrons. The van der Waals surface area contributed by atoms with Crippen LogP contribution in [-0.4, -0.2) is 11.7 Å². The first-order chi connectivity index (χ1) is 17.0. The minimum Gasteiger partial charge on any atom is -0.496 e. The van der Waals surface area contributed by atoms with Gasteiger partial charge in [0.05, 0.1) is 23.4 Å². The number of benzene rings is 3. The number of methoxy groups -OCH3 is 1. The highest BCUT2D eigenvalue weighted by Gasteiger charge is 2.32. The maximum atomic E-state index is 13.8. The highest BCUT2D eigenvalue weighted by molar-refractivity contribution is 9.10. The second-order valence-electron chi connectivity index (χ2n) is 8.55. The zero-order valence-electron chi connectivity index (χ0n) is 18.8. The summed E-state index contributed by atoms with van der Waals surface area (Å²) in [5, 5.41) is 0. The number of halogens is 2. The van der Waals surface area contributed by atoms with Crippen LogP contribution in [0.4, 0.5) is 4.39 Å². The molecule has 1 atom stereocenters. The summed E-state index contributed by atoms with van der Waals surface area (Å²) in [6, 6.07) is 20.1. The van der Waals surface area contributed by atoms with E-state index >= 15 is 0 Å². The summed E-state index contributed by atoms with van der Waals surface area (Å²) >= 11 is 4.87. The Morgan fingerprint density at radius 1 is 1.11 bits per heavy atom. The average Bonchev–Trinajstić information content (AvgIpc) is 3.18. The molecule has 2 aliphatic rings. The first kappa shape index (κ1) is 22.2. The number of hydrogen-bond donors (Lipinski definition) is 0. The summed E-state index contributed by atoms with van der Waals surface area (Å²) < 4.78 is 22.5. The highest BCUT2D eigenvalue weighted by Crippen LogP contribution is 2.41. The predicted molar refractivity (Wildman–Crippen MR) is 140 cm³/mol. The molecule has 1 aliphatic carbocycles. The van der Waals surface area contributed by atoms with Crippen molar-refractivity contribution in [3.63, 3.8) is 0 Å². The Kier molecular flexibility index (Phi) is 5.54. The van der Waals surface area contributed by atoms with Crippen molar-refractivity contribution in [1.82, 2.24) is 4.57 Å². The molecule has 1 aromatic heterocycles. The van der Waals surface area contributed by atoms with Gasteiger partial charge in [-0.1, -0.05) is 63.7 Å². The zero-order valence-corrected chi connectivity index (χ0v) is 21.2. The van der Waals surface area contributed by atoms with Crippen molar-refractivity contribution < 1.29 is 9.13 Å². The van der Waals surface area contributed by atoms with Gasteiger partial charge in [0.2, 0.25) is 0 Å². The van der Waals surface area contributed by atoms with Gasteiger partial charge in [-0.15, -0.1) is 0 Å². The van der Waals surface area contributed by atoms with E-state index in [1.807, 2.05) is 36.4 Å². The van der Waals surface area contributed by atoms with Crippen LogP contribution in [0.2, 0.25) is 0 Å². The molecule has 7 heteroatoms. The van der Waals surface area contributed by atoms with Crippen LogP contribution in [0.5, 0.6) is 5.75 Å². The molecule has 6 rings (SSSR count). The molecule has 0 bridgehead atoms. The molecule has 35 heavy (non-hydrogen) atoms. The van der Waals surface area contributed by atoms with Crippen LogP contribution >= 0.6 is 27.3 Å². The van der Waals surface area contributed by atoms with Crippen LogP contribution < -0.4 is 19.6 Å². The summed E-state index contributed by atoms with van der Waals surface area (Å²) in [5.74, 6) is 0.383. The molecule has 2 heterocycles. The summed E-state index contributed by atoms with van der Waals surface area (Å²) in [4.78, 5) is 19.5. The first-order valence-corrected chi connectivity index (χ1v) is 12.9. The van der Waals surface area contributed by atoms with E-state index in [1.54, 1.807) is 23.8 Å². The summed E-state index contributed by atoms with van der Waals surface area (Å²) in [5.41, 5.74) is 5.94. The number of thiazole rings is 1. The molecule has 1 aliphatic heterocycles. The normalized spacial score (nSPS) is 16.9. The summed E-state index contributed by atoms with van der Waals surface area (Å²) in [6.45, 7) is 0. The smallest absolute Gasteiger partial charge is 0.271 e. The number of hydrogen-bond acceptors (Lipinski definition) is 4. The Labute approximate surface area is 213 Å². The third kappa shape index (κ3) is 3.79. The van der Waals surface area contributed by atoms with Crippen molar-refractivity contribution in [2.24, 2.45) is 4.99 Å². The van der Waals surface area contributed by atoms with E-state index in [1.165, 1.54) is 29.0 Å². The van der Waals surface area contributed by atoms with Gasteiger partial charge in [0.15, 0.2) is 4.80 Å². The molecule has 0 radical (unpaired) electrons. The Morgan fingerprint density at radius 2 is 1.91 bits per heavy atom. The second-order valence-corrected chi connectivity index (χ2v) is 10.5. The van der Waals surface area contributed by atoms with Gasteiger partial charge < -0.3 is 4.74 Å². The van der Waals surface area contributed by atoms with Crippen molar-refractivity contribution in [3.05, 3.63) is 125 Å². The van der Waals surface area contributed by atoms with Crippen molar-refractivity contribution in [1.29, 1.82) is 0 Å². The fourth-order valence-corrected chi connectivity index (χ4v) is 6.30. The quantitative estimate of drug-likeness (QED) is 0.353. The third-order valence-electron chi connectivity index (χ3n) is 6.54. The van der Waals surface area contributed by atoms with Gasteiger partial charge >= 0.3 is 0 Å². The van der Waals surface area contributed by atoms with Gasteiger partial charge in [-0.3, -0.25) is 9.36 Å². The molecular weight excluding hydrogens is 527 g/mol. The van der Waals surface area contributed by atoms with Crippen LogP contribution in [0.15, 0.2) is 86.6 Å².